The Kier molecular flexibility index (Phi) is 22.8. The SMILES string of the molecule is CNC(C(=O)NC(Cc1ccccc1)C(=O)N1CCCC(C(=O)O[C@@H](C/C=C/C=C/[C@H](O)C(C)C(O)C(C=O)CCC(C)O)/C(C)=C/C=C/C(=O)N(C)OC)N1)C(C)C. The van der Waals surface area contributed by atoms with Gasteiger partial charge in [-0.2, -0.15) is 0 Å². The van der Waals surface area contributed by atoms with E-state index < -0.39 is 66.3 Å². The maximum Gasteiger partial charge on any atom is 0.325 e. The molecule has 9 atom stereocenters. The van der Waals surface area contributed by atoms with Gasteiger partial charge in [-0.3, -0.25) is 29.0 Å². The highest BCUT2D eigenvalue weighted by atomic mass is 16.7. The number of aliphatic hydroxyl groups excluding tert-OH is 3. The third kappa shape index (κ3) is 17.3. The van der Waals surface area contributed by atoms with Crippen molar-refractivity contribution in [1.82, 2.24) is 26.1 Å². The quantitative estimate of drug-likeness (QED) is 0.0293. The number of aliphatic hydroxyl groups is 3. The number of amides is 3. The van der Waals surface area contributed by atoms with Crippen LogP contribution in [0.3, 0.4) is 0 Å². The van der Waals surface area contributed by atoms with Crippen LogP contribution in [0.4, 0.5) is 0 Å². The van der Waals surface area contributed by atoms with E-state index in [2.05, 4.69) is 16.1 Å². The Hall–Kier alpha value is -4.51. The zero-order valence-corrected chi connectivity index (χ0v) is 35.8. The molecule has 15 nitrogen and oxygen atoms in total. The highest BCUT2D eigenvalue weighted by molar-refractivity contribution is 5.90. The summed E-state index contributed by atoms with van der Waals surface area (Å²) in [5.41, 5.74) is 4.52. The molecule has 1 saturated heterocycles. The molecule has 15 heteroatoms. The summed E-state index contributed by atoms with van der Waals surface area (Å²) >= 11 is 0. The summed E-state index contributed by atoms with van der Waals surface area (Å²) in [4.78, 5) is 69.8. The van der Waals surface area contributed by atoms with Crippen molar-refractivity contribution in [3.63, 3.8) is 0 Å². The molecule has 2 rings (SSSR count). The average molecular weight is 826 g/mol. The number of rotatable bonds is 24. The van der Waals surface area contributed by atoms with Crippen LogP contribution in [0.5, 0.6) is 0 Å². The Balaban J connectivity index is 2.25. The van der Waals surface area contributed by atoms with Gasteiger partial charge < -0.3 is 35.5 Å². The molecule has 7 unspecified atom stereocenters. The van der Waals surface area contributed by atoms with Crippen molar-refractivity contribution < 1.29 is 48.9 Å². The lowest BCUT2D eigenvalue weighted by molar-refractivity contribution is -0.162. The summed E-state index contributed by atoms with van der Waals surface area (Å²) in [6, 6.07) is 7.08. The van der Waals surface area contributed by atoms with Crippen LogP contribution in [-0.2, 0) is 40.0 Å². The van der Waals surface area contributed by atoms with Gasteiger partial charge in [0.25, 0.3) is 11.8 Å². The van der Waals surface area contributed by atoms with Crippen molar-refractivity contribution in [2.24, 2.45) is 17.8 Å². The van der Waals surface area contributed by atoms with Crippen molar-refractivity contribution >= 4 is 30.0 Å². The van der Waals surface area contributed by atoms with Gasteiger partial charge in [0.05, 0.1) is 31.5 Å². The van der Waals surface area contributed by atoms with Gasteiger partial charge in [0.15, 0.2) is 0 Å². The molecule has 3 amide bonds. The van der Waals surface area contributed by atoms with Gasteiger partial charge in [-0.25, -0.2) is 10.5 Å². The number of hydrogen-bond acceptors (Lipinski definition) is 12. The van der Waals surface area contributed by atoms with E-state index in [9.17, 15) is 39.3 Å². The number of carbonyl (C=O) groups excluding carboxylic acids is 5. The minimum atomic E-state index is -1.11. The monoisotopic (exact) mass is 825 g/mol. The largest absolute Gasteiger partial charge is 0.456 e. The summed E-state index contributed by atoms with van der Waals surface area (Å²) in [5.74, 6) is -3.12. The molecule has 1 aliphatic rings. The lowest BCUT2D eigenvalue weighted by atomic mass is 9.86. The van der Waals surface area contributed by atoms with Gasteiger partial charge in [0.1, 0.15) is 24.5 Å². The molecule has 0 radical (unpaired) electrons. The first kappa shape index (κ1) is 50.6. The van der Waals surface area contributed by atoms with E-state index in [1.165, 1.54) is 37.4 Å². The average Bonchev–Trinajstić information content (AvgIpc) is 3.22. The summed E-state index contributed by atoms with van der Waals surface area (Å²) in [6.07, 6.45) is 9.98. The summed E-state index contributed by atoms with van der Waals surface area (Å²) in [6.45, 7) is 9.13. The number of benzene rings is 1. The number of esters is 1. The molecule has 0 bridgehead atoms. The van der Waals surface area contributed by atoms with E-state index in [1.807, 2.05) is 44.2 Å². The molecule has 1 heterocycles. The lowest BCUT2D eigenvalue weighted by Gasteiger charge is -2.36. The Morgan fingerprint density at radius 3 is 2.34 bits per heavy atom. The summed E-state index contributed by atoms with van der Waals surface area (Å²) in [5, 5.41) is 39.4. The summed E-state index contributed by atoms with van der Waals surface area (Å²) in [7, 11) is 4.53. The second-order valence-electron chi connectivity index (χ2n) is 15.4. The van der Waals surface area contributed by atoms with E-state index in [4.69, 9.17) is 9.57 Å². The van der Waals surface area contributed by atoms with E-state index in [0.29, 0.717) is 37.7 Å². The van der Waals surface area contributed by atoms with E-state index in [-0.39, 0.29) is 37.0 Å². The number of carbonyl (C=O) groups is 5. The maximum absolute atomic E-state index is 14.0. The normalized spacial score (nSPS) is 19.2. The third-order valence-electron chi connectivity index (χ3n) is 10.4. The number of hydroxylamine groups is 2. The fourth-order valence-electron chi connectivity index (χ4n) is 6.49. The van der Waals surface area contributed by atoms with Crippen LogP contribution in [0, 0.1) is 17.8 Å². The molecular formula is C44H67N5O10. The fraction of sp³-hybridized carbons (Fsp3) is 0.568. The number of aldehydes is 1. The van der Waals surface area contributed by atoms with Gasteiger partial charge >= 0.3 is 5.97 Å². The number of likely N-dealkylation sites (N-methyl/N-ethyl adjacent to an activating group) is 2. The van der Waals surface area contributed by atoms with Crippen molar-refractivity contribution in [3.05, 3.63) is 84.0 Å². The fourth-order valence-corrected chi connectivity index (χ4v) is 6.49. The summed E-state index contributed by atoms with van der Waals surface area (Å²) < 4.78 is 6.03. The van der Waals surface area contributed by atoms with Crippen molar-refractivity contribution in [1.29, 1.82) is 0 Å². The van der Waals surface area contributed by atoms with Crippen LogP contribution >= 0.6 is 0 Å². The van der Waals surface area contributed by atoms with Gasteiger partial charge in [0, 0.05) is 44.3 Å². The van der Waals surface area contributed by atoms with Gasteiger partial charge in [-0.05, 0) is 63.6 Å². The number of nitrogens with one attached hydrogen (secondary N) is 3. The third-order valence-corrected chi connectivity index (χ3v) is 10.4. The standard InChI is InChI=1S/C44H67N5O10/c1-29(2)40(45-6)42(55)46-36(27-33-18-11-9-12-19-33)43(56)49-26-16-20-35(47-49)44(57)59-38(30(3)17-15-23-39(53)48(7)58-8)22-14-10-13-21-37(52)32(5)41(54)34(28-50)25-24-31(4)51/h9-15,17-19,21,23,28-29,31-32,34-38,40-41,45,47,51-52,54H,16,20,22,24-27H2,1-8H3,(H,46,55)/b14-10+,21-13+,23-15+,30-17+/t31?,32?,34?,35?,36?,37-,38-,40?,41?/m0/s1. The van der Waals surface area contributed by atoms with Crippen LogP contribution in [0.25, 0.3) is 0 Å². The molecule has 1 aliphatic heterocycles. The molecule has 1 fully saturated rings. The second-order valence-corrected chi connectivity index (χ2v) is 15.4. The lowest BCUT2D eigenvalue weighted by Crippen LogP contribution is -2.61. The minimum absolute atomic E-state index is 0.0252. The number of hydrogen-bond donors (Lipinski definition) is 6. The van der Waals surface area contributed by atoms with Gasteiger partial charge in [-0.1, -0.05) is 87.6 Å². The number of allylic oxidation sites excluding steroid dienone is 4. The highest BCUT2D eigenvalue weighted by Crippen LogP contribution is 2.22. The van der Waals surface area contributed by atoms with Crippen molar-refractivity contribution in [2.75, 3.05) is 27.7 Å². The molecule has 6 N–H and O–H groups in total. The predicted molar refractivity (Wildman–Crippen MR) is 225 cm³/mol. The molecular weight excluding hydrogens is 759 g/mol. The first-order chi connectivity index (χ1) is 28.0. The highest BCUT2D eigenvalue weighted by Gasteiger charge is 2.35. The first-order valence-corrected chi connectivity index (χ1v) is 20.3. The zero-order valence-electron chi connectivity index (χ0n) is 35.8. The van der Waals surface area contributed by atoms with Crippen LogP contribution in [-0.4, -0.2) is 126 Å². The number of hydrazine groups is 1. The van der Waals surface area contributed by atoms with E-state index in [1.54, 1.807) is 52.1 Å². The van der Waals surface area contributed by atoms with Crippen molar-refractivity contribution in [2.45, 2.75) is 116 Å². The maximum atomic E-state index is 14.0. The molecule has 1 aromatic rings. The van der Waals surface area contributed by atoms with E-state index in [0.717, 1.165) is 10.6 Å². The van der Waals surface area contributed by atoms with Crippen LogP contribution in [0.1, 0.15) is 72.3 Å². The van der Waals surface area contributed by atoms with Crippen LogP contribution in [0.2, 0.25) is 0 Å². The molecule has 0 aromatic heterocycles. The first-order valence-electron chi connectivity index (χ1n) is 20.3. The molecule has 0 saturated carbocycles. The molecule has 1 aromatic carbocycles. The van der Waals surface area contributed by atoms with Crippen LogP contribution in [0.15, 0.2) is 78.4 Å². The predicted octanol–water partition coefficient (Wildman–Crippen LogP) is 2.72. The van der Waals surface area contributed by atoms with Gasteiger partial charge in [-0.15, -0.1) is 0 Å². The number of ether oxygens (including phenoxy) is 1. The molecule has 0 spiro atoms. The van der Waals surface area contributed by atoms with E-state index >= 15 is 0 Å². The molecule has 0 aliphatic carbocycles. The van der Waals surface area contributed by atoms with Crippen LogP contribution < -0.4 is 16.1 Å². The van der Waals surface area contributed by atoms with Crippen molar-refractivity contribution in [3.8, 4) is 0 Å². The number of nitrogens with zero attached hydrogens (tertiary/aromatic N) is 2. The Labute approximate surface area is 349 Å². The zero-order chi connectivity index (χ0) is 44.1. The Morgan fingerprint density at radius 1 is 1.03 bits per heavy atom. The smallest absolute Gasteiger partial charge is 0.325 e. The Bertz CT molecular complexity index is 1600. The Morgan fingerprint density at radius 2 is 1.73 bits per heavy atom. The minimum Gasteiger partial charge on any atom is -0.456 e. The topological polar surface area (TPSA) is 207 Å². The second kappa shape index (κ2) is 26.6. The molecule has 328 valence electrons. The van der Waals surface area contributed by atoms with Gasteiger partial charge in [0.2, 0.25) is 5.91 Å². The molecule has 59 heavy (non-hydrogen) atoms.